The van der Waals surface area contributed by atoms with Crippen molar-refractivity contribution >= 4 is 22.9 Å². The van der Waals surface area contributed by atoms with E-state index in [2.05, 4.69) is 33.0 Å². The Morgan fingerprint density at radius 3 is 3.04 bits per heavy atom. The van der Waals surface area contributed by atoms with Gasteiger partial charge in [0.1, 0.15) is 5.65 Å². The summed E-state index contributed by atoms with van der Waals surface area (Å²) in [5, 5.41) is 8.25. The van der Waals surface area contributed by atoms with E-state index in [1.54, 1.807) is 11.3 Å². The Balaban J connectivity index is 1.42. The van der Waals surface area contributed by atoms with Crippen LogP contribution in [0.5, 0.6) is 0 Å². The summed E-state index contributed by atoms with van der Waals surface area (Å²) in [6, 6.07) is 8.09. The van der Waals surface area contributed by atoms with Crippen LogP contribution in [0.2, 0.25) is 0 Å². The number of nitrogens with zero attached hydrogens (tertiary/aromatic N) is 2. The van der Waals surface area contributed by atoms with E-state index >= 15 is 0 Å². The molecule has 3 heterocycles. The zero-order chi connectivity index (χ0) is 16.1. The average molecular weight is 328 g/mol. The van der Waals surface area contributed by atoms with E-state index in [1.165, 1.54) is 4.88 Å². The molecule has 0 saturated heterocycles. The van der Waals surface area contributed by atoms with Crippen molar-refractivity contribution in [3.05, 3.63) is 58.2 Å². The summed E-state index contributed by atoms with van der Waals surface area (Å²) in [6.07, 6.45) is 4.37. The summed E-state index contributed by atoms with van der Waals surface area (Å²) in [7, 11) is 0. The van der Waals surface area contributed by atoms with E-state index in [1.807, 2.05) is 36.0 Å². The number of hydrogen-bond acceptors (Lipinski definition) is 4. The third-order valence-electron chi connectivity index (χ3n) is 3.68. The Hall–Kier alpha value is -2.18. The summed E-state index contributed by atoms with van der Waals surface area (Å²) >= 11 is 1.65. The third-order valence-corrected chi connectivity index (χ3v) is 4.56. The monoisotopic (exact) mass is 328 g/mol. The van der Waals surface area contributed by atoms with E-state index in [-0.39, 0.29) is 5.91 Å². The first kappa shape index (κ1) is 15.7. The van der Waals surface area contributed by atoms with Gasteiger partial charge in [0.25, 0.3) is 0 Å². The van der Waals surface area contributed by atoms with Gasteiger partial charge in [0, 0.05) is 30.6 Å². The molecule has 0 unspecified atom stereocenters. The lowest BCUT2D eigenvalue weighted by Crippen LogP contribution is -2.27. The Morgan fingerprint density at radius 2 is 2.22 bits per heavy atom. The van der Waals surface area contributed by atoms with Crippen molar-refractivity contribution in [2.75, 3.05) is 6.54 Å². The van der Waals surface area contributed by atoms with E-state index < -0.39 is 0 Å². The number of carbonyl (C=O) groups excluding carboxylic acids is 1. The molecular formula is C17H20N4OS. The summed E-state index contributed by atoms with van der Waals surface area (Å²) in [6.45, 7) is 4.01. The fourth-order valence-electron chi connectivity index (χ4n) is 2.44. The fraction of sp³-hybridized carbons (Fsp3) is 0.294. The highest BCUT2D eigenvalue weighted by Crippen LogP contribution is 2.10. The van der Waals surface area contributed by atoms with Crippen molar-refractivity contribution < 1.29 is 4.79 Å². The smallest absolute Gasteiger partial charge is 0.221 e. The molecule has 0 aliphatic heterocycles. The minimum atomic E-state index is 0.0693. The lowest BCUT2D eigenvalue weighted by Gasteiger charge is -2.06. The van der Waals surface area contributed by atoms with Crippen molar-refractivity contribution in [2.24, 2.45) is 0 Å². The zero-order valence-corrected chi connectivity index (χ0v) is 13.9. The normalized spacial score (nSPS) is 11.0. The second kappa shape index (κ2) is 7.39. The quantitative estimate of drug-likeness (QED) is 0.655. The predicted molar refractivity (Wildman–Crippen MR) is 92.4 cm³/mol. The van der Waals surface area contributed by atoms with Crippen LogP contribution in [0.3, 0.4) is 0 Å². The summed E-state index contributed by atoms with van der Waals surface area (Å²) in [4.78, 5) is 17.4. The molecule has 5 nitrogen and oxygen atoms in total. The van der Waals surface area contributed by atoms with Gasteiger partial charge in [-0.1, -0.05) is 12.1 Å². The lowest BCUT2D eigenvalue weighted by molar-refractivity contribution is -0.121. The number of aromatic nitrogens is 2. The highest BCUT2D eigenvalue weighted by Gasteiger charge is 2.05. The number of carbonyl (C=O) groups is 1. The standard InChI is InChI=1S/C17H20N4OS/c1-13-4-2-8-21-14(11-20-17(13)21)10-18-7-6-16(22)19-12-15-5-3-9-23-15/h2-5,8-9,11,18H,6-7,10,12H2,1H3,(H,19,22). The molecule has 1 amide bonds. The maximum Gasteiger partial charge on any atom is 0.221 e. The Morgan fingerprint density at radius 1 is 1.30 bits per heavy atom. The highest BCUT2D eigenvalue weighted by atomic mass is 32.1. The van der Waals surface area contributed by atoms with Crippen LogP contribution in [0.1, 0.15) is 22.6 Å². The number of aryl methyl sites for hydroxylation is 1. The molecule has 0 saturated carbocycles. The number of amides is 1. The number of thiophene rings is 1. The van der Waals surface area contributed by atoms with Gasteiger partial charge in [-0.2, -0.15) is 0 Å². The number of pyridine rings is 1. The van der Waals surface area contributed by atoms with Gasteiger partial charge >= 0.3 is 0 Å². The minimum absolute atomic E-state index is 0.0693. The Kier molecular flexibility index (Phi) is 5.05. The van der Waals surface area contributed by atoms with Crippen LogP contribution in [-0.2, 0) is 17.9 Å². The number of rotatable bonds is 7. The van der Waals surface area contributed by atoms with E-state index in [9.17, 15) is 4.79 Å². The van der Waals surface area contributed by atoms with Gasteiger partial charge in [0.05, 0.1) is 18.4 Å². The first-order valence-corrected chi connectivity index (χ1v) is 8.53. The number of fused-ring (bicyclic) bond motifs is 1. The molecule has 120 valence electrons. The van der Waals surface area contributed by atoms with E-state index in [0.29, 0.717) is 26.1 Å². The average Bonchev–Trinajstić information content (AvgIpc) is 3.20. The van der Waals surface area contributed by atoms with Gasteiger partial charge < -0.3 is 15.0 Å². The van der Waals surface area contributed by atoms with E-state index in [4.69, 9.17) is 0 Å². The summed E-state index contributed by atoms with van der Waals surface area (Å²) in [5.74, 6) is 0.0693. The number of imidazole rings is 1. The second-order valence-electron chi connectivity index (χ2n) is 5.42. The maximum absolute atomic E-state index is 11.8. The highest BCUT2D eigenvalue weighted by molar-refractivity contribution is 7.09. The minimum Gasteiger partial charge on any atom is -0.351 e. The molecule has 0 atom stereocenters. The molecule has 0 aromatic carbocycles. The van der Waals surface area contributed by atoms with Crippen LogP contribution >= 0.6 is 11.3 Å². The van der Waals surface area contributed by atoms with Gasteiger partial charge in [-0.15, -0.1) is 11.3 Å². The summed E-state index contributed by atoms with van der Waals surface area (Å²) < 4.78 is 2.08. The molecule has 6 heteroatoms. The zero-order valence-electron chi connectivity index (χ0n) is 13.1. The van der Waals surface area contributed by atoms with Crippen LogP contribution in [0.4, 0.5) is 0 Å². The largest absolute Gasteiger partial charge is 0.351 e. The van der Waals surface area contributed by atoms with Crippen LogP contribution in [0.25, 0.3) is 5.65 Å². The summed E-state index contributed by atoms with van der Waals surface area (Å²) in [5.41, 5.74) is 3.24. The molecule has 0 aliphatic carbocycles. The van der Waals surface area contributed by atoms with Gasteiger partial charge in [-0.3, -0.25) is 4.79 Å². The van der Waals surface area contributed by atoms with Crippen molar-refractivity contribution in [1.29, 1.82) is 0 Å². The fourth-order valence-corrected chi connectivity index (χ4v) is 3.08. The Bertz CT molecular complexity index is 779. The Labute approximate surface area is 139 Å². The van der Waals surface area contributed by atoms with Crippen molar-refractivity contribution in [1.82, 2.24) is 20.0 Å². The SMILES string of the molecule is Cc1cccn2c(CNCCC(=O)NCc3cccs3)cnc12. The number of nitrogens with one attached hydrogen (secondary N) is 2. The van der Waals surface area contributed by atoms with Gasteiger partial charge in [-0.05, 0) is 30.0 Å². The second-order valence-corrected chi connectivity index (χ2v) is 6.45. The van der Waals surface area contributed by atoms with Crippen molar-refractivity contribution in [2.45, 2.75) is 26.4 Å². The molecule has 3 rings (SSSR count). The molecule has 0 fully saturated rings. The molecule has 0 bridgehead atoms. The predicted octanol–water partition coefficient (Wildman–Crippen LogP) is 2.50. The van der Waals surface area contributed by atoms with E-state index in [0.717, 1.165) is 16.9 Å². The van der Waals surface area contributed by atoms with Gasteiger partial charge in [0.15, 0.2) is 0 Å². The van der Waals surface area contributed by atoms with Crippen molar-refractivity contribution in [3.63, 3.8) is 0 Å². The molecular weight excluding hydrogens is 308 g/mol. The molecule has 2 N–H and O–H groups in total. The first-order valence-electron chi connectivity index (χ1n) is 7.65. The maximum atomic E-state index is 11.8. The van der Waals surface area contributed by atoms with Crippen LogP contribution in [-0.4, -0.2) is 21.8 Å². The van der Waals surface area contributed by atoms with Crippen molar-refractivity contribution in [3.8, 4) is 0 Å². The van der Waals surface area contributed by atoms with Crippen LogP contribution in [0, 0.1) is 6.92 Å². The van der Waals surface area contributed by atoms with Crippen LogP contribution < -0.4 is 10.6 Å². The topological polar surface area (TPSA) is 58.4 Å². The third kappa shape index (κ3) is 3.97. The van der Waals surface area contributed by atoms with Gasteiger partial charge in [-0.25, -0.2) is 4.98 Å². The molecule has 0 spiro atoms. The molecule has 3 aromatic heterocycles. The molecule has 3 aromatic rings. The number of hydrogen-bond donors (Lipinski definition) is 2. The lowest BCUT2D eigenvalue weighted by atomic mass is 10.3. The first-order chi connectivity index (χ1) is 11.2. The van der Waals surface area contributed by atoms with Gasteiger partial charge in [0.2, 0.25) is 5.91 Å². The molecule has 0 aliphatic rings. The molecule has 0 radical (unpaired) electrons. The molecule has 23 heavy (non-hydrogen) atoms. The van der Waals surface area contributed by atoms with Crippen LogP contribution in [0.15, 0.2) is 42.0 Å².